The summed E-state index contributed by atoms with van der Waals surface area (Å²) in [6, 6.07) is 12.3. The van der Waals surface area contributed by atoms with Crippen LogP contribution in [-0.2, 0) is 14.4 Å². The van der Waals surface area contributed by atoms with Crippen LogP contribution < -0.4 is 16.1 Å². The number of para-hydroxylation sites is 1. The SMILES string of the molecule is C/C(CC(=O)Nc1ccccc1C)=N/NC(=O)C(=O)Nc1ccc(C)c(Cl)c1. The Labute approximate surface area is 168 Å². The molecule has 0 saturated carbocycles. The lowest BCUT2D eigenvalue weighted by Crippen LogP contribution is -2.33. The van der Waals surface area contributed by atoms with Crippen LogP contribution in [0.3, 0.4) is 0 Å². The first-order valence-corrected chi connectivity index (χ1v) is 8.90. The second-order valence-electron chi connectivity index (χ2n) is 6.25. The number of nitrogens with zero attached hydrogens (tertiary/aromatic N) is 1. The van der Waals surface area contributed by atoms with E-state index in [0.29, 0.717) is 22.1 Å². The van der Waals surface area contributed by atoms with Crippen molar-refractivity contribution >= 4 is 46.4 Å². The summed E-state index contributed by atoms with van der Waals surface area (Å²) < 4.78 is 0. The van der Waals surface area contributed by atoms with Crippen molar-refractivity contribution in [3.05, 3.63) is 58.6 Å². The molecule has 7 nitrogen and oxygen atoms in total. The van der Waals surface area contributed by atoms with Crippen LogP contribution in [0.2, 0.25) is 5.02 Å². The molecule has 0 bridgehead atoms. The molecule has 0 radical (unpaired) electrons. The number of rotatable bonds is 5. The molecule has 2 rings (SSSR count). The summed E-state index contributed by atoms with van der Waals surface area (Å²) in [5.41, 5.74) is 5.38. The molecular formula is C20H21ClN4O3. The first-order valence-electron chi connectivity index (χ1n) is 8.52. The Hall–Kier alpha value is -3.19. The topological polar surface area (TPSA) is 99.7 Å². The smallest absolute Gasteiger partial charge is 0.326 e. The monoisotopic (exact) mass is 400 g/mol. The van der Waals surface area contributed by atoms with Gasteiger partial charge >= 0.3 is 11.8 Å². The lowest BCUT2D eigenvalue weighted by Gasteiger charge is -2.08. The van der Waals surface area contributed by atoms with Gasteiger partial charge < -0.3 is 10.6 Å². The van der Waals surface area contributed by atoms with Gasteiger partial charge in [-0.05, 0) is 50.1 Å². The largest absolute Gasteiger partial charge is 0.329 e. The van der Waals surface area contributed by atoms with Gasteiger partial charge in [0.1, 0.15) is 0 Å². The van der Waals surface area contributed by atoms with Crippen molar-refractivity contribution in [2.24, 2.45) is 5.10 Å². The highest BCUT2D eigenvalue weighted by molar-refractivity contribution is 6.40. The van der Waals surface area contributed by atoms with Crippen LogP contribution in [0.15, 0.2) is 47.6 Å². The molecule has 2 aromatic rings. The van der Waals surface area contributed by atoms with E-state index in [4.69, 9.17) is 11.6 Å². The number of hydrogen-bond donors (Lipinski definition) is 3. The minimum atomic E-state index is -0.949. The standard InChI is InChI=1S/C20H21ClN4O3/c1-12-8-9-15(11-16(12)21)22-19(27)20(28)25-24-14(3)10-18(26)23-17-7-5-4-6-13(17)2/h4-9,11H,10H2,1-3H3,(H,22,27)(H,23,26)(H,25,28)/b24-14-. The number of carbonyl (C=O) groups excluding carboxylic acids is 3. The zero-order chi connectivity index (χ0) is 20.7. The number of aryl methyl sites for hydroxylation is 2. The number of hydrazone groups is 1. The van der Waals surface area contributed by atoms with Crippen LogP contribution >= 0.6 is 11.6 Å². The van der Waals surface area contributed by atoms with Gasteiger partial charge in [-0.25, -0.2) is 5.43 Å². The molecule has 0 aliphatic carbocycles. The Morgan fingerprint density at radius 2 is 1.68 bits per heavy atom. The summed E-state index contributed by atoms with van der Waals surface area (Å²) in [5, 5.41) is 9.47. The molecule has 8 heteroatoms. The predicted molar refractivity (Wildman–Crippen MR) is 110 cm³/mol. The normalized spacial score (nSPS) is 10.9. The van der Waals surface area contributed by atoms with E-state index in [1.165, 1.54) is 0 Å². The highest BCUT2D eigenvalue weighted by Crippen LogP contribution is 2.19. The van der Waals surface area contributed by atoms with Gasteiger partial charge in [0.15, 0.2) is 0 Å². The van der Waals surface area contributed by atoms with Crippen molar-refractivity contribution in [1.82, 2.24) is 5.43 Å². The number of nitrogens with one attached hydrogen (secondary N) is 3. The zero-order valence-corrected chi connectivity index (χ0v) is 16.6. The Kier molecular flexibility index (Phi) is 7.28. The van der Waals surface area contributed by atoms with Gasteiger partial charge in [-0.3, -0.25) is 14.4 Å². The first-order chi connectivity index (χ1) is 13.3. The number of anilines is 2. The van der Waals surface area contributed by atoms with Crippen LogP contribution in [0.5, 0.6) is 0 Å². The number of halogens is 1. The minimum absolute atomic E-state index is 0.0240. The van der Waals surface area contributed by atoms with Gasteiger partial charge in [-0.15, -0.1) is 0 Å². The van der Waals surface area contributed by atoms with Crippen molar-refractivity contribution in [2.75, 3.05) is 10.6 Å². The third-order valence-electron chi connectivity index (χ3n) is 3.82. The van der Waals surface area contributed by atoms with E-state index in [0.717, 1.165) is 11.1 Å². The quantitative estimate of drug-likeness (QED) is 0.407. The molecule has 2 aromatic carbocycles. The van der Waals surface area contributed by atoms with Crippen molar-refractivity contribution in [1.29, 1.82) is 0 Å². The minimum Gasteiger partial charge on any atom is -0.326 e. The Morgan fingerprint density at radius 3 is 2.36 bits per heavy atom. The highest BCUT2D eigenvalue weighted by Gasteiger charge is 2.14. The molecule has 0 atom stereocenters. The van der Waals surface area contributed by atoms with Crippen LogP contribution in [-0.4, -0.2) is 23.4 Å². The number of benzene rings is 2. The predicted octanol–water partition coefficient (Wildman–Crippen LogP) is 3.42. The third kappa shape index (κ3) is 6.21. The summed E-state index contributed by atoms with van der Waals surface area (Å²) in [5.74, 6) is -2.11. The van der Waals surface area contributed by atoms with Gasteiger partial charge in [-0.1, -0.05) is 35.9 Å². The van der Waals surface area contributed by atoms with E-state index >= 15 is 0 Å². The molecule has 0 heterocycles. The van der Waals surface area contributed by atoms with E-state index in [1.54, 1.807) is 31.2 Å². The maximum absolute atomic E-state index is 12.1. The molecule has 28 heavy (non-hydrogen) atoms. The molecule has 0 aliphatic rings. The van der Waals surface area contributed by atoms with Crippen LogP contribution in [0.4, 0.5) is 11.4 Å². The van der Waals surface area contributed by atoms with Gasteiger partial charge in [-0.2, -0.15) is 5.10 Å². The zero-order valence-electron chi connectivity index (χ0n) is 15.8. The summed E-state index contributed by atoms with van der Waals surface area (Å²) in [7, 11) is 0. The van der Waals surface area contributed by atoms with Gasteiger partial charge in [0.25, 0.3) is 0 Å². The van der Waals surface area contributed by atoms with Gasteiger partial charge in [0.2, 0.25) is 5.91 Å². The summed E-state index contributed by atoms with van der Waals surface area (Å²) in [4.78, 5) is 35.8. The van der Waals surface area contributed by atoms with E-state index in [2.05, 4.69) is 21.2 Å². The van der Waals surface area contributed by atoms with Gasteiger partial charge in [0, 0.05) is 22.1 Å². The second-order valence-corrected chi connectivity index (χ2v) is 6.65. The third-order valence-corrected chi connectivity index (χ3v) is 4.23. The van der Waals surface area contributed by atoms with Crippen molar-refractivity contribution < 1.29 is 14.4 Å². The lowest BCUT2D eigenvalue weighted by molar-refractivity contribution is -0.136. The molecule has 3 N–H and O–H groups in total. The Bertz CT molecular complexity index is 941. The fourth-order valence-corrected chi connectivity index (χ4v) is 2.42. The fraction of sp³-hybridized carbons (Fsp3) is 0.200. The Morgan fingerprint density at radius 1 is 0.964 bits per heavy atom. The van der Waals surface area contributed by atoms with Crippen molar-refractivity contribution in [2.45, 2.75) is 27.2 Å². The summed E-state index contributed by atoms with van der Waals surface area (Å²) in [6.07, 6.45) is -0.0240. The van der Waals surface area contributed by atoms with Crippen molar-refractivity contribution in [3.8, 4) is 0 Å². The first kappa shape index (κ1) is 21.1. The Balaban J connectivity index is 1.86. The molecule has 0 unspecified atom stereocenters. The molecule has 0 aromatic heterocycles. The van der Waals surface area contributed by atoms with Crippen LogP contribution in [0, 0.1) is 13.8 Å². The molecule has 0 fully saturated rings. The van der Waals surface area contributed by atoms with E-state index in [-0.39, 0.29) is 12.3 Å². The van der Waals surface area contributed by atoms with E-state index < -0.39 is 11.8 Å². The maximum Gasteiger partial charge on any atom is 0.329 e. The maximum atomic E-state index is 12.1. The average molecular weight is 401 g/mol. The summed E-state index contributed by atoms with van der Waals surface area (Å²) in [6.45, 7) is 5.29. The molecule has 0 aliphatic heterocycles. The van der Waals surface area contributed by atoms with Gasteiger partial charge in [0.05, 0.1) is 6.42 Å². The van der Waals surface area contributed by atoms with Crippen LogP contribution in [0.25, 0.3) is 0 Å². The lowest BCUT2D eigenvalue weighted by atomic mass is 10.2. The molecule has 0 spiro atoms. The van der Waals surface area contributed by atoms with E-state index in [9.17, 15) is 14.4 Å². The number of carbonyl (C=O) groups is 3. The number of amides is 3. The second kappa shape index (κ2) is 9.66. The molecule has 3 amide bonds. The van der Waals surface area contributed by atoms with E-state index in [1.807, 2.05) is 32.0 Å². The van der Waals surface area contributed by atoms with Crippen molar-refractivity contribution in [3.63, 3.8) is 0 Å². The number of hydrogen-bond acceptors (Lipinski definition) is 4. The van der Waals surface area contributed by atoms with Crippen LogP contribution in [0.1, 0.15) is 24.5 Å². The molecular weight excluding hydrogens is 380 g/mol. The highest BCUT2D eigenvalue weighted by atomic mass is 35.5. The fourth-order valence-electron chi connectivity index (χ4n) is 2.23. The molecule has 0 saturated heterocycles. The average Bonchev–Trinajstić information content (AvgIpc) is 2.64. The summed E-state index contributed by atoms with van der Waals surface area (Å²) >= 11 is 5.98. The molecule has 146 valence electrons.